The Morgan fingerprint density at radius 3 is 2.39 bits per heavy atom. The van der Waals surface area contributed by atoms with Crippen LogP contribution in [0.15, 0.2) is 64.1 Å². The van der Waals surface area contributed by atoms with Crippen molar-refractivity contribution in [2.45, 2.75) is 13.3 Å². The van der Waals surface area contributed by atoms with Crippen LogP contribution in [0.3, 0.4) is 0 Å². The van der Waals surface area contributed by atoms with E-state index in [0.29, 0.717) is 16.7 Å². The lowest BCUT2D eigenvalue weighted by Gasteiger charge is -2.25. The summed E-state index contributed by atoms with van der Waals surface area (Å²) in [4.78, 5) is 13.0. The van der Waals surface area contributed by atoms with Crippen LogP contribution in [0.25, 0.3) is 5.57 Å². The number of hydrogen-bond acceptors (Lipinski definition) is 3. The Morgan fingerprint density at radius 2 is 1.68 bits per heavy atom. The molecule has 0 aliphatic heterocycles. The number of aryl methyl sites for hydroxylation is 1. The van der Waals surface area contributed by atoms with Crippen LogP contribution in [0, 0.1) is 0 Å². The van der Waals surface area contributed by atoms with Crippen LogP contribution in [0.4, 0.5) is 11.4 Å². The maximum atomic E-state index is 13.0. The second-order valence-electron chi connectivity index (χ2n) is 6.64. The largest absolute Gasteiger partial charge is 0.507 e. The average Bonchev–Trinajstić information content (AvgIpc) is 2.69. The quantitative estimate of drug-likeness (QED) is 0.304. The maximum absolute atomic E-state index is 13.0. The van der Waals surface area contributed by atoms with Crippen LogP contribution in [0.5, 0.6) is 5.75 Å². The zero-order valence-corrected chi connectivity index (χ0v) is 18.3. The summed E-state index contributed by atoms with van der Waals surface area (Å²) in [7, 11) is 0. The predicted octanol–water partition coefficient (Wildman–Crippen LogP) is 6.83. The van der Waals surface area contributed by atoms with Crippen LogP contribution in [-0.2, 0) is 6.42 Å². The van der Waals surface area contributed by atoms with Crippen LogP contribution in [-0.4, -0.2) is 10.9 Å². The first-order chi connectivity index (χ1) is 13.4. The molecule has 4 rings (SSSR count). The van der Waals surface area contributed by atoms with Crippen LogP contribution in [0.1, 0.15) is 39.5 Å². The second kappa shape index (κ2) is 7.22. The van der Waals surface area contributed by atoms with Gasteiger partial charge in [-0.1, -0.05) is 53.7 Å². The van der Waals surface area contributed by atoms with Gasteiger partial charge in [0.25, 0.3) is 0 Å². The average molecular weight is 499 g/mol. The Hall–Kier alpha value is -2.37. The van der Waals surface area contributed by atoms with E-state index in [1.807, 2.05) is 24.3 Å². The highest BCUT2D eigenvalue weighted by Crippen LogP contribution is 2.44. The number of fused-ring (bicyclic) bond motifs is 2. The molecule has 0 atom stereocenters. The summed E-state index contributed by atoms with van der Waals surface area (Å²) in [5.74, 6) is -0.228. The summed E-state index contributed by atoms with van der Waals surface area (Å²) in [5, 5.41) is 13.8. The maximum Gasteiger partial charge on any atom is 0.198 e. The van der Waals surface area contributed by atoms with Gasteiger partial charge in [0, 0.05) is 25.8 Å². The fourth-order valence-corrected chi connectivity index (χ4v) is 4.93. The minimum Gasteiger partial charge on any atom is -0.507 e. The molecule has 2 N–H and O–H groups in total. The lowest BCUT2D eigenvalue weighted by atomic mass is 9.80. The molecule has 0 radical (unpaired) electrons. The third-order valence-corrected chi connectivity index (χ3v) is 6.39. The molecule has 1 aliphatic rings. The number of aromatic hydroxyl groups is 1. The van der Waals surface area contributed by atoms with E-state index in [2.05, 4.69) is 56.7 Å². The summed E-state index contributed by atoms with van der Waals surface area (Å²) >= 11 is 7.18. The third kappa shape index (κ3) is 2.99. The third-order valence-electron chi connectivity index (χ3n) is 5.00. The fourth-order valence-electron chi connectivity index (χ4n) is 3.56. The number of hydrogen-bond donors (Lipinski definition) is 2. The van der Waals surface area contributed by atoms with Crippen LogP contribution >= 0.6 is 31.9 Å². The van der Waals surface area contributed by atoms with Crippen molar-refractivity contribution in [3.8, 4) is 5.75 Å². The summed E-state index contributed by atoms with van der Waals surface area (Å²) in [5.41, 5.74) is 5.77. The zero-order chi connectivity index (χ0) is 20.0. The molecule has 3 aromatic rings. The molecule has 0 heterocycles. The van der Waals surface area contributed by atoms with Gasteiger partial charge in [-0.25, -0.2) is 0 Å². The molecule has 0 saturated carbocycles. The molecule has 0 spiro atoms. The molecule has 0 fully saturated rings. The van der Waals surface area contributed by atoms with Gasteiger partial charge in [-0.05, 0) is 63.3 Å². The molecule has 0 saturated heterocycles. The van der Waals surface area contributed by atoms with Gasteiger partial charge in [-0.3, -0.25) is 4.79 Å². The van der Waals surface area contributed by atoms with Crippen LogP contribution in [0.2, 0.25) is 0 Å². The molecule has 0 aromatic heterocycles. The topological polar surface area (TPSA) is 49.3 Å². The predicted molar refractivity (Wildman–Crippen MR) is 121 cm³/mol. The number of benzene rings is 3. The first-order valence-corrected chi connectivity index (χ1v) is 10.4. The minimum absolute atomic E-state index is 0.0367. The van der Waals surface area contributed by atoms with Crippen molar-refractivity contribution in [1.82, 2.24) is 0 Å². The Labute approximate surface area is 180 Å². The monoisotopic (exact) mass is 497 g/mol. The number of phenols is 1. The number of halogens is 2. The summed E-state index contributed by atoms with van der Waals surface area (Å²) in [6.07, 6.45) is 0.884. The molecule has 3 aromatic carbocycles. The lowest BCUT2D eigenvalue weighted by Crippen LogP contribution is -2.15. The van der Waals surface area contributed by atoms with E-state index in [4.69, 9.17) is 0 Å². The second-order valence-corrected chi connectivity index (χ2v) is 8.35. The number of anilines is 2. The highest BCUT2D eigenvalue weighted by Gasteiger charge is 2.30. The number of ketones is 1. The molecule has 1 aliphatic carbocycles. The SMILES string of the molecule is C=C1c2ccccc2C(=O)c2c(O)ccc(Nc3cc(CC)c(Br)cc3Br)c21. The molecular formula is C23H17Br2NO2. The van der Waals surface area contributed by atoms with Crippen molar-refractivity contribution >= 4 is 54.6 Å². The van der Waals surface area contributed by atoms with E-state index >= 15 is 0 Å². The summed E-state index contributed by atoms with van der Waals surface area (Å²) in [6, 6.07) is 14.8. The molecular weight excluding hydrogens is 482 g/mol. The van der Waals surface area contributed by atoms with E-state index in [-0.39, 0.29) is 17.1 Å². The molecule has 140 valence electrons. The van der Waals surface area contributed by atoms with E-state index in [1.165, 1.54) is 5.56 Å². The van der Waals surface area contributed by atoms with Gasteiger partial charge in [0.1, 0.15) is 5.75 Å². The smallest absolute Gasteiger partial charge is 0.198 e. The van der Waals surface area contributed by atoms with Gasteiger partial charge in [0.15, 0.2) is 5.78 Å². The molecule has 3 nitrogen and oxygen atoms in total. The van der Waals surface area contributed by atoms with E-state index in [9.17, 15) is 9.90 Å². The molecule has 5 heteroatoms. The highest BCUT2D eigenvalue weighted by atomic mass is 79.9. The zero-order valence-electron chi connectivity index (χ0n) is 15.1. The summed E-state index contributed by atoms with van der Waals surface area (Å²) < 4.78 is 1.93. The van der Waals surface area contributed by atoms with Crippen molar-refractivity contribution < 1.29 is 9.90 Å². The first kappa shape index (κ1) is 19.0. The van der Waals surface area contributed by atoms with Gasteiger partial charge in [-0.15, -0.1) is 0 Å². The van der Waals surface area contributed by atoms with E-state index in [1.54, 1.807) is 18.2 Å². The van der Waals surface area contributed by atoms with Crippen molar-refractivity contribution in [2.75, 3.05) is 5.32 Å². The van der Waals surface area contributed by atoms with Crippen molar-refractivity contribution in [3.05, 3.63) is 91.9 Å². The van der Waals surface area contributed by atoms with Gasteiger partial charge >= 0.3 is 0 Å². The number of carbonyl (C=O) groups is 1. The fraction of sp³-hybridized carbons (Fsp3) is 0.0870. The van der Waals surface area contributed by atoms with E-state index < -0.39 is 0 Å². The number of rotatable bonds is 3. The van der Waals surface area contributed by atoms with Crippen molar-refractivity contribution in [1.29, 1.82) is 0 Å². The van der Waals surface area contributed by atoms with E-state index in [0.717, 1.165) is 32.3 Å². The molecule has 28 heavy (non-hydrogen) atoms. The Morgan fingerprint density at radius 1 is 0.964 bits per heavy atom. The number of carbonyl (C=O) groups excluding carboxylic acids is 1. The number of phenolic OH excluding ortho intramolecular Hbond substituents is 1. The van der Waals surface area contributed by atoms with Crippen molar-refractivity contribution in [3.63, 3.8) is 0 Å². The van der Waals surface area contributed by atoms with Gasteiger partial charge in [0.2, 0.25) is 0 Å². The Kier molecular flexibility index (Phi) is 4.89. The Bertz CT molecular complexity index is 1150. The van der Waals surface area contributed by atoms with Crippen molar-refractivity contribution in [2.24, 2.45) is 0 Å². The summed E-state index contributed by atoms with van der Waals surface area (Å²) in [6.45, 7) is 6.32. The number of nitrogens with one attached hydrogen (secondary N) is 1. The standard InChI is InChI=1S/C23H17Br2NO2/c1-3-13-10-19(17(25)11-16(13)24)26-18-8-9-20(27)22-21(18)12(2)14-6-4-5-7-15(14)23(22)28/h4-11,26-27H,2-3H2,1H3. The highest BCUT2D eigenvalue weighted by molar-refractivity contribution is 9.11. The Balaban J connectivity index is 1.88. The first-order valence-electron chi connectivity index (χ1n) is 8.86. The normalized spacial score (nSPS) is 12.5. The van der Waals surface area contributed by atoms with Gasteiger partial charge in [0.05, 0.1) is 11.3 Å². The van der Waals surface area contributed by atoms with Crippen LogP contribution < -0.4 is 5.32 Å². The lowest BCUT2D eigenvalue weighted by molar-refractivity contribution is 0.103. The minimum atomic E-state index is -0.191. The van der Waals surface area contributed by atoms with Gasteiger partial charge < -0.3 is 10.4 Å². The molecule has 0 bridgehead atoms. The molecule has 0 unspecified atom stereocenters. The molecule has 0 amide bonds. The van der Waals surface area contributed by atoms with Gasteiger partial charge in [-0.2, -0.15) is 0 Å².